The van der Waals surface area contributed by atoms with E-state index in [4.69, 9.17) is 4.42 Å². The molecule has 1 aromatic heterocycles. The van der Waals surface area contributed by atoms with Crippen LogP contribution in [0, 0.1) is 11.6 Å². The number of rotatable bonds is 4. The summed E-state index contributed by atoms with van der Waals surface area (Å²) in [6.45, 7) is 2.90. The summed E-state index contributed by atoms with van der Waals surface area (Å²) in [6.07, 6.45) is 1.61. The Morgan fingerprint density at radius 2 is 1.92 bits per heavy atom. The van der Waals surface area contributed by atoms with E-state index in [9.17, 15) is 8.78 Å². The maximum Gasteiger partial charge on any atom is 0.209 e. The second-order valence-corrected chi connectivity index (χ2v) is 6.37. The van der Waals surface area contributed by atoms with Gasteiger partial charge >= 0.3 is 0 Å². The molecule has 1 fully saturated rings. The molecule has 26 heavy (non-hydrogen) atoms. The van der Waals surface area contributed by atoms with Gasteiger partial charge in [0.1, 0.15) is 11.6 Å². The minimum atomic E-state index is -0.311. The number of benzene rings is 2. The molecule has 1 unspecified atom stereocenters. The van der Waals surface area contributed by atoms with Crippen molar-refractivity contribution >= 4 is 0 Å². The quantitative estimate of drug-likeness (QED) is 0.774. The summed E-state index contributed by atoms with van der Waals surface area (Å²) in [4.78, 5) is 6.55. The molecule has 0 radical (unpaired) electrons. The van der Waals surface area contributed by atoms with Crippen molar-refractivity contribution in [2.24, 2.45) is 0 Å². The van der Waals surface area contributed by atoms with Crippen LogP contribution in [0.25, 0.3) is 11.3 Å². The largest absolute Gasteiger partial charge is 0.439 e. The predicted molar refractivity (Wildman–Crippen MR) is 94.3 cm³/mol. The van der Waals surface area contributed by atoms with E-state index in [1.807, 2.05) is 6.07 Å². The zero-order valence-electron chi connectivity index (χ0n) is 14.2. The van der Waals surface area contributed by atoms with Crippen LogP contribution in [0.4, 0.5) is 8.78 Å². The lowest BCUT2D eigenvalue weighted by Gasteiger charge is -2.35. The van der Waals surface area contributed by atoms with Crippen LogP contribution in [0.15, 0.2) is 59.1 Å². The standard InChI is InChI=1S/C20H19F2N3O/c21-16-5-1-3-14(9-16)18-11-23-7-8-25(18)13-20-24-12-19(26-20)15-4-2-6-17(22)10-15/h1-6,9-10,12,18,23H,7-8,11,13H2. The summed E-state index contributed by atoms with van der Waals surface area (Å²) >= 11 is 0. The van der Waals surface area contributed by atoms with E-state index in [0.29, 0.717) is 23.8 Å². The lowest BCUT2D eigenvalue weighted by Crippen LogP contribution is -2.45. The summed E-state index contributed by atoms with van der Waals surface area (Å²) < 4.78 is 32.8. The third-order valence-electron chi connectivity index (χ3n) is 4.59. The van der Waals surface area contributed by atoms with E-state index in [2.05, 4.69) is 15.2 Å². The molecule has 1 N–H and O–H groups in total. The molecule has 0 saturated carbocycles. The van der Waals surface area contributed by atoms with Crippen molar-refractivity contribution < 1.29 is 13.2 Å². The summed E-state index contributed by atoms with van der Waals surface area (Å²) in [7, 11) is 0. The fourth-order valence-corrected chi connectivity index (χ4v) is 3.31. The van der Waals surface area contributed by atoms with E-state index >= 15 is 0 Å². The van der Waals surface area contributed by atoms with Gasteiger partial charge in [0, 0.05) is 31.2 Å². The first-order chi connectivity index (χ1) is 12.7. The number of nitrogens with one attached hydrogen (secondary N) is 1. The number of piperazine rings is 1. The van der Waals surface area contributed by atoms with Crippen LogP contribution >= 0.6 is 0 Å². The van der Waals surface area contributed by atoms with Crippen LogP contribution in [0.2, 0.25) is 0 Å². The van der Waals surface area contributed by atoms with E-state index in [-0.39, 0.29) is 17.7 Å². The van der Waals surface area contributed by atoms with E-state index in [0.717, 1.165) is 25.2 Å². The summed E-state index contributed by atoms with van der Waals surface area (Å²) in [5.41, 5.74) is 1.58. The molecule has 1 aliphatic heterocycles. The number of aromatic nitrogens is 1. The fraction of sp³-hybridized carbons (Fsp3) is 0.250. The summed E-state index contributed by atoms with van der Waals surface area (Å²) in [5.74, 6) is 0.552. The maximum absolute atomic E-state index is 13.6. The third-order valence-corrected chi connectivity index (χ3v) is 4.59. The van der Waals surface area contributed by atoms with Gasteiger partial charge in [-0.25, -0.2) is 13.8 Å². The van der Waals surface area contributed by atoms with Crippen molar-refractivity contribution in [3.8, 4) is 11.3 Å². The Bertz CT molecular complexity index is 896. The van der Waals surface area contributed by atoms with Crippen LogP contribution in [-0.2, 0) is 6.54 Å². The van der Waals surface area contributed by atoms with Gasteiger partial charge in [-0.05, 0) is 29.8 Å². The van der Waals surface area contributed by atoms with Crippen LogP contribution in [0.5, 0.6) is 0 Å². The lowest BCUT2D eigenvalue weighted by molar-refractivity contribution is 0.140. The molecule has 0 bridgehead atoms. The zero-order chi connectivity index (χ0) is 17.9. The topological polar surface area (TPSA) is 41.3 Å². The number of hydrogen-bond acceptors (Lipinski definition) is 4. The number of nitrogens with zero attached hydrogens (tertiary/aromatic N) is 2. The van der Waals surface area contributed by atoms with Crippen LogP contribution in [-0.4, -0.2) is 29.5 Å². The highest BCUT2D eigenvalue weighted by atomic mass is 19.1. The Morgan fingerprint density at radius 1 is 1.12 bits per heavy atom. The second kappa shape index (κ2) is 7.35. The van der Waals surface area contributed by atoms with Crippen molar-refractivity contribution in [2.75, 3.05) is 19.6 Å². The molecule has 6 heteroatoms. The third kappa shape index (κ3) is 3.66. The van der Waals surface area contributed by atoms with Gasteiger partial charge in [0.25, 0.3) is 0 Å². The van der Waals surface area contributed by atoms with Gasteiger partial charge in [-0.1, -0.05) is 24.3 Å². The Balaban J connectivity index is 1.54. The number of hydrogen-bond donors (Lipinski definition) is 1. The molecule has 3 aromatic rings. The van der Waals surface area contributed by atoms with Gasteiger partial charge < -0.3 is 9.73 Å². The van der Waals surface area contributed by atoms with Gasteiger partial charge in [0.2, 0.25) is 5.89 Å². The highest BCUT2D eigenvalue weighted by molar-refractivity contribution is 5.56. The molecule has 0 aliphatic carbocycles. The molecule has 1 saturated heterocycles. The van der Waals surface area contributed by atoms with Gasteiger partial charge in [-0.3, -0.25) is 4.90 Å². The summed E-state index contributed by atoms with van der Waals surface area (Å²) in [6, 6.07) is 13.0. The monoisotopic (exact) mass is 355 g/mol. The zero-order valence-corrected chi connectivity index (χ0v) is 14.2. The molecule has 134 valence electrons. The molecule has 2 aromatic carbocycles. The lowest BCUT2D eigenvalue weighted by atomic mass is 10.0. The fourth-order valence-electron chi connectivity index (χ4n) is 3.31. The van der Waals surface area contributed by atoms with Gasteiger partial charge in [0.05, 0.1) is 12.7 Å². The maximum atomic E-state index is 13.6. The average Bonchev–Trinajstić information content (AvgIpc) is 3.11. The SMILES string of the molecule is Fc1cccc(-c2cnc(CN3CCNCC3c3cccc(F)c3)o2)c1. The van der Waals surface area contributed by atoms with Crippen LogP contribution in [0.3, 0.4) is 0 Å². The normalized spacial score (nSPS) is 18.2. The molecule has 1 aliphatic rings. The first-order valence-electron chi connectivity index (χ1n) is 8.60. The van der Waals surface area contributed by atoms with Crippen LogP contribution in [0.1, 0.15) is 17.5 Å². The van der Waals surface area contributed by atoms with Gasteiger partial charge in [-0.15, -0.1) is 0 Å². The average molecular weight is 355 g/mol. The Morgan fingerprint density at radius 3 is 2.73 bits per heavy atom. The van der Waals surface area contributed by atoms with Gasteiger partial charge in [-0.2, -0.15) is 0 Å². The molecule has 0 amide bonds. The molecule has 1 atom stereocenters. The molecular weight excluding hydrogens is 336 g/mol. The summed E-state index contributed by atoms with van der Waals surface area (Å²) in [5, 5.41) is 3.35. The van der Waals surface area contributed by atoms with E-state index in [1.165, 1.54) is 18.2 Å². The Hall–Kier alpha value is -2.57. The minimum Gasteiger partial charge on any atom is -0.439 e. The highest BCUT2D eigenvalue weighted by Gasteiger charge is 2.25. The number of oxazole rings is 1. The van der Waals surface area contributed by atoms with E-state index < -0.39 is 0 Å². The second-order valence-electron chi connectivity index (χ2n) is 6.37. The number of halogens is 2. The first kappa shape index (κ1) is 16.9. The molecule has 4 nitrogen and oxygen atoms in total. The molecule has 2 heterocycles. The van der Waals surface area contributed by atoms with E-state index in [1.54, 1.807) is 30.5 Å². The molecular formula is C20H19F2N3O. The van der Waals surface area contributed by atoms with Crippen molar-refractivity contribution in [3.05, 3.63) is 77.8 Å². The van der Waals surface area contributed by atoms with Crippen molar-refractivity contribution in [1.82, 2.24) is 15.2 Å². The predicted octanol–water partition coefficient (Wildman–Crippen LogP) is 3.77. The Labute approximate surface area is 150 Å². The molecule has 0 spiro atoms. The van der Waals surface area contributed by atoms with Gasteiger partial charge in [0.15, 0.2) is 5.76 Å². The first-order valence-corrected chi connectivity index (χ1v) is 8.60. The smallest absolute Gasteiger partial charge is 0.209 e. The minimum absolute atomic E-state index is 0.0453. The van der Waals surface area contributed by atoms with Crippen molar-refractivity contribution in [3.63, 3.8) is 0 Å². The van der Waals surface area contributed by atoms with Crippen molar-refractivity contribution in [2.45, 2.75) is 12.6 Å². The molecule has 4 rings (SSSR count). The highest BCUT2D eigenvalue weighted by Crippen LogP contribution is 2.26. The Kier molecular flexibility index (Phi) is 4.77. The van der Waals surface area contributed by atoms with Crippen LogP contribution < -0.4 is 5.32 Å². The van der Waals surface area contributed by atoms with Crippen molar-refractivity contribution in [1.29, 1.82) is 0 Å².